The Morgan fingerprint density at radius 3 is 2.27 bits per heavy atom. The van der Waals surface area contributed by atoms with Crippen LogP contribution >= 0.6 is 11.3 Å². The minimum atomic E-state index is -2.11. The smallest absolute Gasteiger partial charge is 0.398 e. The van der Waals surface area contributed by atoms with Crippen LogP contribution in [0.15, 0.2) is 42.3 Å². The molecule has 0 atom stereocenters. The molecule has 3 aromatic rings. The summed E-state index contributed by atoms with van der Waals surface area (Å²) in [6.07, 6.45) is 0. The summed E-state index contributed by atoms with van der Waals surface area (Å²) >= 11 is 0.910. The Kier molecular flexibility index (Phi) is 1.76. The van der Waals surface area contributed by atoms with Crippen molar-refractivity contribution in [3.8, 4) is 0 Å². The molecule has 1 aromatic heterocycles. The summed E-state index contributed by atoms with van der Waals surface area (Å²) in [6.45, 7) is 22.8. The monoisotopic (exact) mass is 309 g/mol. The maximum absolute atomic E-state index is 8.55. The fourth-order valence-electron chi connectivity index (χ4n) is 2.11. The van der Waals surface area contributed by atoms with E-state index in [-0.39, 0.29) is 49.8 Å². The summed E-state index contributed by atoms with van der Waals surface area (Å²) in [4.78, 5) is 0. The van der Waals surface area contributed by atoms with Crippen molar-refractivity contribution < 1.29 is 18.9 Å². The normalized spacial score (nSPS) is 24.5. The molecule has 22 heavy (non-hydrogen) atoms. The molecule has 4 rings (SSSR count). The molecule has 2 heterocycles. The minimum Gasteiger partial charge on any atom is -0.398 e. The third-order valence-corrected chi connectivity index (χ3v) is 4.38. The van der Waals surface area contributed by atoms with Crippen molar-refractivity contribution in [1.82, 2.24) is 0 Å². The molecule has 2 nitrogen and oxygen atoms in total. The second kappa shape index (κ2) is 4.57. The Balaban J connectivity index is 2.08. The number of rotatable bonds is 1. The predicted octanol–water partition coefficient (Wildman–Crippen LogP) is 3.12. The van der Waals surface area contributed by atoms with E-state index in [1.165, 1.54) is 0 Å². The first-order chi connectivity index (χ1) is 13.3. The zero-order valence-corrected chi connectivity index (χ0v) is 11.9. The van der Waals surface area contributed by atoms with Gasteiger partial charge in [-0.25, -0.2) is 0 Å². The van der Waals surface area contributed by atoms with Crippen LogP contribution in [0.5, 0.6) is 0 Å². The molecule has 1 fully saturated rings. The molecular weight excluding hydrogens is 291 g/mol. The first-order valence-corrected chi connectivity index (χ1v) is 7.05. The van der Waals surface area contributed by atoms with Gasteiger partial charge in [0.15, 0.2) is 0 Å². The lowest BCUT2D eigenvalue weighted by Gasteiger charge is -2.30. The van der Waals surface area contributed by atoms with Crippen molar-refractivity contribution in [3.05, 3.63) is 70.0 Å². The molecule has 0 amide bonds. The molecule has 0 bridgehead atoms. The van der Waals surface area contributed by atoms with Crippen LogP contribution in [0.3, 0.4) is 0 Å². The van der Waals surface area contributed by atoms with Crippen molar-refractivity contribution in [1.29, 1.82) is 0 Å². The molecular formula is C18H11BO2S. The lowest BCUT2D eigenvalue weighted by Crippen LogP contribution is -2.43. The van der Waals surface area contributed by atoms with Gasteiger partial charge in [0.1, 0.15) is 0 Å². The number of hydrogen-bond acceptors (Lipinski definition) is 3. The predicted molar refractivity (Wildman–Crippen MR) is 89.6 cm³/mol. The van der Waals surface area contributed by atoms with Crippen LogP contribution in [0.4, 0.5) is 0 Å². The van der Waals surface area contributed by atoms with Crippen molar-refractivity contribution >= 4 is 44.1 Å². The Labute approximate surface area is 145 Å². The molecule has 4 heteroatoms. The molecule has 1 aliphatic rings. The SMILES string of the molecule is [2H]c1c([2H])c([2H])c2c(sc3c([2H])c(B4OC([CH])([CH])C([CH])([CH])O4)c([2H])c([2H])c32)c1[2H]. The van der Waals surface area contributed by atoms with Crippen molar-refractivity contribution in [3.63, 3.8) is 0 Å². The molecule has 0 aliphatic carbocycles. The van der Waals surface area contributed by atoms with E-state index in [0.29, 0.717) is 0 Å². The zero-order chi connectivity index (χ0) is 21.6. The van der Waals surface area contributed by atoms with E-state index in [2.05, 4.69) is 0 Å². The summed E-state index contributed by atoms with van der Waals surface area (Å²) in [5.41, 5.74) is -4.41. The van der Waals surface area contributed by atoms with Crippen LogP contribution in [0.1, 0.15) is 9.60 Å². The van der Waals surface area contributed by atoms with E-state index in [1.807, 2.05) is 0 Å². The Morgan fingerprint density at radius 1 is 0.909 bits per heavy atom. The lowest BCUT2D eigenvalue weighted by atomic mass is 9.79. The maximum atomic E-state index is 8.55. The fraction of sp³-hybridized carbons (Fsp3) is 0.111. The Bertz CT molecular complexity index is 1190. The summed E-state index contributed by atoms with van der Waals surface area (Å²) < 4.78 is 68.3. The van der Waals surface area contributed by atoms with Crippen LogP contribution in [-0.2, 0) is 9.31 Å². The van der Waals surface area contributed by atoms with E-state index >= 15 is 0 Å². The number of hydrogen-bond donors (Lipinski definition) is 0. The summed E-state index contributed by atoms with van der Waals surface area (Å²) in [7, 11) is -1.48. The maximum Gasteiger partial charge on any atom is 0.494 e. The van der Waals surface area contributed by atoms with Gasteiger partial charge in [0.05, 0.1) is 20.8 Å². The molecule has 0 unspecified atom stereocenters. The third-order valence-electron chi connectivity index (χ3n) is 3.36. The minimum absolute atomic E-state index is 0.0762. The zero-order valence-electron chi connectivity index (χ0n) is 18.1. The van der Waals surface area contributed by atoms with Gasteiger partial charge in [-0.05, 0) is 17.5 Å². The standard InChI is InChI=1S/C18H11BO2S/c1-17(2)18(3,4)21-19(20-17)12-9-10-14-13-7-5-6-8-15(13)22-16(14)11-12/h1-11H/i5D,6D,7D,8D,9D,10D,11D. The average molecular weight is 309 g/mol. The molecule has 1 saturated heterocycles. The van der Waals surface area contributed by atoms with Crippen LogP contribution < -0.4 is 5.46 Å². The van der Waals surface area contributed by atoms with Gasteiger partial charge in [-0.2, -0.15) is 0 Å². The van der Waals surface area contributed by atoms with E-state index in [1.54, 1.807) is 0 Å². The van der Waals surface area contributed by atoms with Gasteiger partial charge in [-0.3, -0.25) is 0 Å². The molecule has 1 aliphatic heterocycles. The lowest BCUT2D eigenvalue weighted by molar-refractivity contribution is 0.0917. The molecule has 8 radical (unpaired) electrons. The van der Waals surface area contributed by atoms with Crippen LogP contribution in [0, 0.1) is 27.7 Å². The van der Waals surface area contributed by atoms with Crippen molar-refractivity contribution in [2.45, 2.75) is 11.2 Å². The van der Waals surface area contributed by atoms with Gasteiger partial charge in [0.25, 0.3) is 0 Å². The topological polar surface area (TPSA) is 18.5 Å². The highest BCUT2D eigenvalue weighted by molar-refractivity contribution is 7.25. The quantitative estimate of drug-likeness (QED) is 0.643. The van der Waals surface area contributed by atoms with Crippen LogP contribution in [0.2, 0.25) is 0 Å². The van der Waals surface area contributed by atoms with Gasteiger partial charge in [-0.15, -0.1) is 11.3 Å². The summed E-state index contributed by atoms with van der Waals surface area (Å²) in [5.74, 6) is 0. The molecule has 0 spiro atoms. The third kappa shape index (κ3) is 2.02. The van der Waals surface area contributed by atoms with Gasteiger partial charge >= 0.3 is 7.12 Å². The van der Waals surface area contributed by atoms with Crippen LogP contribution in [-0.4, -0.2) is 18.3 Å². The number of benzene rings is 2. The molecule has 2 aromatic carbocycles. The largest absolute Gasteiger partial charge is 0.494 e. The first kappa shape index (κ1) is 8.48. The van der Waals surface area contributed by atoms with Gasteiger partial charge in [0.2, 0.25) is 0 Å². The average Bonchev–Trinajstić information content (AvgIpc) is 3.12. The van der Waals surface area contributed by atoms with Crippen molar-refractivity contribution in [2.75, 3.05) is 0 Å². The first-order valence-electron chi connectivity index (χ1n) is 9.73. The highest BCUT2D eigenvalue weighted by Crippen LogP contribution is 2.37. The molecule has 0 saturated carbocycles. The molecule has 0 N–H and O–H groups in total. The second-order valence-corrected chi connectivity index (χ2v) is 5.97. The van der Waals surface area contributed by atoms with Gasteiger partial charge < -0.3 is 9.31 Å². The van der Waals surface area contributed by atoms with E-state index in [4.69, 9.17) is 46.6 Å². The highest BCUT2D eigenvalue weighted by atomic mass is 32.1. The molecule has 104 valence electrons. The fourth-order valence-corrected chi connectivity index (χ4v) is 3.09. The summed E-state index contributed by atoms with van der Waals surface area (Å²) in [6, 6.07) is -2.59. The van der Waals surface area contributed by atoms with Crippen LogP contribution in [0.25, 0.3) is 20.2 Å². The van der Waals surface area contributed by atoms with Gasteiger partial charge in [0, 0.05) is 47.9 Å². The summed E-state index contributed by atoms with van der Waals surface area (Å²) in [5, 5.41) is 0.161. The van der Waals surface area contributed by atoms with E-state index in [0.717, 1.165) is 11.3 Å². The number of thiophene rings is 1. The second-order valence-electron chi connectivity index (χ2n) is 4.95. The number of fused-ring (bicyclic) bond motifs is 3. The highest BCUT2D eigenvalue weighted by Gasteiger charge is 2.52. The van der Waals surface area contributed by atoms with E-state index in [9.17, 15) is 0 Å². The van der Waals surface area contributed by atoms with Gasteiger partial charge in [-0.1, -0.05) is 30.2 Å². The Morgan fingerprint density at radius 2 is 1.55 bits per heavy atom. The van der Waals surface area contributed by atoms with Crippen molar-refractivity contribution in [2.24, 2.45) is 0 Å². The van der Waals surface area contributed by atoms with E-state index < -0.39 is 36.4 Å². The Hall–Kier alpha value is -1.36.